The summed E-state index contributed by atoms with van der Waals surface area (Å²) in [5.74, 6) is 0.435. The standard InChI is InChI=1S/C12H20O3/c1-2-15-11(13)8-10-6-5-9-4-3-7-12(9,10)14/h9-10,14H,2-8H2,1H3/t9?,10-,12+/m0/s1. The van der Waals surface area contributed by atoms with E-state index < -0.39 is 5.60 Å². The number of rotatable bonds is 3. The molecule has 0 heterocycles. The van der Waals surface area contributed by atoms with Crippen LogP contribution in [0.4, 0.5) is 0 Å². The van der Waals surface area contributed by atoms with E-state index in [0.717, 1.165) is 32.1 Å². The first kappa shape index (κ1) is 10.9. The van der Waals surface area contributed by atoms with E-state index in [1.165, 1.54) is 0 Å². The molecule has 2 aliphatic rings. The van der Waals surface area contributed by atoms with Crippen LogP contribution in [0.1, 0.15) is 45.4 Å². The average Bonchev–Trinajstić information content (AvgIpc) is 2.66. The lowest BCUT2D eigenvalue weighted by Crippen LogP contribution is -2.36. The van der Waals surface area contributed by atoms with Crippen LogP contribution in [0.25, 0.3) is 0 Å². The van der Waals surface area contributed by atoms with E-state index in [1.807, 2.05) is 6.92 Å². The summed E-state index contributed by atoms with van der Waals surface area (Å²) < 4.78 is 4.95. The lowest BCUT2D eigenvalue weighted by Gasteiger charge is -2.29. The molecule has 86 valence electrons. The minimum atomic E-state index is -0.549. The van der Waals surface area contributed by atoms with Crippen LogP contribution in [0, 0.1) is 11.8 Å². The summed E-state index contributed by atoms with van der Waals surface area (Å²) in [7, 11) is 0. The van der Waals surface area contributed by atoms with Gasteiger partial charge in [-0.25, -0.2) is 0 Å². The minimum Gasteiger partial charge on any atom is -0.466 e. The van der Waals surface area contributed by atoms with Gasteiger partial charge in [0.1, 0.15) is 0 Å². The van der Waals surface area contributed by atoms with Crippen molar-refractivity contribution >= 4 is 5.97 Å². The van der Waals surface area contributed by atoms with E-state index in [2.05, 4.69) is 0 Å². The van der Waals surface area contributed by atoms with Crippen LogP contribution in [0.2, 0.25) is 0 Å². The first-order valence-electron chi connectivity index (χ1n) is 6.05. The Morgan fingerprint density at radius 3 is 3.00 bits per heavy atom. The van der Waals surface area contributed by atoms with Crippen LogP contribution in [-0.4, -0.2) is 23.3 Å². The molecule has 0 bridgehead atoms. The maximum Gasteiger partial charge on any atom is 0.306 e. The van der Waals surface area contributed by atoms with Crippen molar-refractivity contribution in [3.63, 3.8) is 0 Å². The fraction of sp³-hybridized carbons (Fsp3) is 0.917. The smallest absolute Gasteiger partial charge is 0.306 e. The monoisotopic (exact) mass is 212 g/mol. The molecular weight excluding hydrogens is 192 g/mol. The third-order valence-corrected chi connectivity index (χ3v) is 4.13. The highest BCUT2D eigenvalue weighted by Crippen LogP contribution is 2.51. The molecule has 2 rings (SSSR count). The van der Waals surface area contributed by atoms with Crippen molar-refractivity contribution in [2.45, 2.75) is 51.0 Å². The molecule has 15 heavy (non-hydrogen) atoms. The molecule has 3 nitrogen and oxygen atoms in total. The van der Waals surface area contributed by atoms with Crippen LogP contribution in [0.15, 0.2) is 0 Å². The Balaban J connectivity index is 1.95. The van der Waals surface area contributed by atoms with Crippen LogP contribution in [-0.2, 0) is 9.53 Å². The van der Waals surface area contributed by atoms with E-state index >= 15 is 0 Å². The molecule has 2 fully saturated rings. The highest BCUT2D eigenvalue weighted by molar-refractivity contribution is 5.69. The number of ether oxygens (including phenoxy) is 1. The van der Waals surface area contributed by atoms with E-state index in [-0.39, 0.29) is 11.9 Å². The molecule has 0 saturated heterocycles. The Kier molecular flexibility index (Phi) is 3.01. The minimum absolute atomic E-state index is 0.143. The number of carbonyl (C=O) groups is 1. The molecule has 1 unspecified atom stereocenters. The van der Waals surface area contributed by atoms with Crippen molar-refractivity contribution in [2.24, 2.45) is 11.8 Å². The molecule has 2 aliphatic carbocycles. The summed E-state index contributed by atoms with van der Waals surface area (Å²) in [4.78, 5) is 11.4. The maximum atomic E-state index is 11.4. The normalized spacial score (nSPS) is 39.1. The zero-order chi connectivity index (χ0) is 10.9. The topological polar surface area (TPSA) is 46.5 Å². The molecule has 0 spiro atoms. The van der Waals surface area contributed by atoms with Gasteiger partial charge >= 0.3 is 5.97 Å². The lowest BCUT2D eigenvalue weighted by atomic mass is 9.84. The van der Waals surface area contributed by atoms with Gasteiger partial charge in [-0.3, -0.25) is 4.79 Å². The summed E-state index contributed by atoms with van der Waals surface area (Å²) in [6.45, 7) is 2.26. The van der Waals surface area contributed by atoms with Gasteiger partial charge in [0.15, 0.2) is 0 Å². The Morgan fingerprint density at radius 1 is 1.47 bits per heavy atom. The van der Waals surface area contributed by atoms with Gasteiger partial charge in [0, 0.05) is 0 Å². The van der Waals surface area contributed by atoms with E-state index in [9.17, 15) is 9.90 Å². The molecule has 0 aromatic carbocycles. The summed E-state index contributed by atoms with van der Waals surface area (Å²) in [6, 6.07) is 0. The summed E-state index contributed by atoms with van der Waals surface area (Å²) >= 11 is 0. The zero-order valence-corrected chi connectivity index (χ0v) is 9.37. The maximum absolute atomic E-state index is 11.4. The number of hydrogen-bond acceptors (Lipinski definition) is 3. The van der Waals surface area contributed by atoms with Gasteiger partial charge in [0.05, 0.1) is 18.6 Å². The average molecular weight is 212 g/mol. The number of fused-ring (bicyclic) bond motifs is 1. The van der Waals surface area contributed by atoms with Crippen molar-refractivity contribution in [3.05, 3.63) is 0 Å². The van der Waals surface area contributed by atoms with Crippen molar-refractivity contribution in [2.75, 3.05) is 6.61 Å². The Morgan fingerprint density at radius 2 is 2.27 bits per heavy atom. The fourth-order valence-electron chi connectivity index (χ4n) is 3.37. The van der Waals surface area contributed by atoms with Crippen LogP contribution < -0.4 is 0 Å². The molecule has 3 atom stereocenters. The third kappa shape index (κ3) is 1.89. The Labute approximate surface area is 90.8 Å². The van der Waals surface area contributed by atoms with Crippen molar-refractivity contribution in [1.29, 1.82) is 0 Å². The second-order valence-corrected chi connectivity index (χ2v) is 4.86. The fourth-order valence-corrected chi connectivity index (χ4v) is 3.37. The molecular formula is C12H20O3. The van der Waals surface area contributed by atoms with Crippen molar-refractivity contribution < 1.29 is 14.6 Å². The largest absolute Gasteiger partial charge is 0.466 e. The molecule has 0 amide bonds. The summed E-state index contributed by atoms with van der Waals surface area (Å²) in [6.07, 6.45) is 5.60. The third-order valence-electron chi connectivity index (χ3n) is 4.13. The van der Waals surface area contributed by atoms with E-state index in [0.29, 0.717) is 18.9 Å². The van der Waals surface area contributed by atoms with Gasteiger partial charge in [-0.2, -0.15) is 0 Å². The number of esters is 1. The summed E-state index contributed by atoms with van der Waals surface area (Å²) in [5, 5.41) is 10.5. The SMILES string of the molecule is CCOC(=O)C[C@@H]1CCC2CCC[C@@]21O. The predicted molar refractivity (Wildman–Crippen MR) is 56.3 cm³/mol. The second-order valence-electron chi connectivity index (χ2n) is 4.86. The molecule has 2 saturated carbocycles. The lowest BCUT2D eigenvalue weighted by molar-refractivity contribution is -0.146. The molecule has 3 heteroatoms. The van der Waals surface area contributed by atoms with Gasteiger partial charge < -0.3 is 9.84 Å². The van der Waals surface area contributed by atoms with Crippen LogP contribution in [0.3, 0.4) is 0 Å². The van der Waals surface area contributed by atoms with Crippen LogP contribution in [0.5, 0.6) is 0 Å². The highest BCUT2D eigenvalue weighted by Gasteiger charge is 2.51. The van der Waals surface area contributed by atoms with Gasteiger partial charge in [-0.05, 0) is 44.4 Å². The molecule has 0 aliphatic heterocycles. The van der Waals surface area contributed by atoms with Gasteiger partial charge in [0.2, 0.25) is 0 Å². The Hall–Kier alpha value is -0.570. The molecule has 0 radical (unpaired) electrons. The quantitative estimate of drug-likeness (QED) is 0.726. The molecule has 0 aromatic heterocycles. The van der Waals surface area contributed by atoms with Crippen LogP contribution >= 0.6 is 0 Å². The predicted octanol–water partition coefficient (Wildman–Crippen LogP) is 1.88. The number of hydrogen-bond donors (Lipinski definition) is 1. The van der Waals surface area contributed by atoms with E-state index in [4.69, 9.17) is 4.74 Å². The van der Waals surface area contributed by atoms with Crippen molar-refractivity contribution in [1.82, 2.24) is 0 Å². The number of carbonyl (C=O) groups excluding carboxylic acids is 1. The first-order chi connectivity index (χ1) is 7.16. The van der Waals surface area contributed by atoms with Crippen molar-refractivity contribution in [3.8, 4) is 0 Å². The highest BCUT2D eigenvalue weighted by atomic mass is 16.5. The second kappa shape index (κ2) is 4.12. The van der Waals surface area contributed by atoms with E-state index in [1.54, 1.807) is 0 Å². The zero-order valence-electron chi connectivity index (χ0n) is 9.37. The number of aliphatic hydroxyl groups is 1. The molecule has 0 aromatic rings. The van der Waals surface area contributed by atoms with Gasteiger partial charge in [-0.15, -0.1) is 0 Å². The molecule has 1 N–H and O–H groups in total. The van der Waals surface area contributed by atoms with Gasteiger partial charge in [-0.1, -0.05) is 6.42 Å². The first-order valence-corrected chi connectivity index (χ1v) is 6.05. The van der Waals surface area contributed by atoms with Gasteiger partial charge in [0.25, 0.3) is 0 Å². The summed E-state index contributed by atoms with van der Waals surface area (Å²) in [5.41, 5.74) is -0.549. The Bertz CT molecular complexity index is 251.